The fourth-order valence-corrected chi connectivity index (χ4v) is 7.51. The molecule has 1 nitrogen and oxygen atoms in total. The minimum absolute atomic E-state index is 0.0463. The third-order valence-corrected chi connectivity index (χ3v) is 9.82. The lowest BCUT2D eigenvalue weighted by molar-refractivity contribution is -0.190. The number of unbranched alkanes of at least 4 members (excludes halogenated alkanes) is 16. The van der Waals surface area contributed by atoms with Crippen molar-refractivity contribution < 1.29 is 4.74 Å². The van der Waals surface area contributed by atoms with E-state index in [1.807, 2.05) is 0 Å². The van der Waals surface area contributed by atoms with Gasteiger partial charge >= 0.3 is 0 Å². The van der Waals surface area contributed by atoms with Crippen LogP contribution in [0.3, 0.4) is 0 Å². The maximum absolute atomic E-state index is 7.89. The third-order valence-electron chi connectivity index (χ3n) is 9.82. The van der Waals surface area contributed by atoms with Crippen LogP contribution in [0.15, 0.2) is 0 Å². The summed E-state index contributed by atoms with van der Waals surface area (Å²) >= 11 is 0. The highest BCUT2D eigenvalue weighted by Crippen LogP contribution is 2.44. The molecule has 1 heteroatoms. The molecule has 0 aromatic heterocycles. The second-order valence-electron chi connectivity index (χ2n) is 16.7. The Labute approximate surface area is 275 Å². The SMILES string of the molecule is CCCCCCCCCCCC(CCC(C)C)(CC(C)C)OC(CCCCCCCCCCC)(CCC(C)C)CC(C)C. The summed E-state index contributed by atoms with van der Waals surface area (Å²) in [4.78, 5) is 0. The zero-order valence-electron chi connectivity index (χ0n) is 32.1. The first-order chi connectivity index (χ1) is 20.5. The van der Waals surface area contributed by atoms with Gasteiger partial charge in [0.25, 0.3) is 0 Å². The van der Waals surface area contributed by atoms with Crippen molar-refractivity contribution in [3.8, 4) is 0 Å². The fraction of sp³-hybridized carbons (Fsp3) is 1.00. The van der Waals surface area contributed by atoms with Gasteiger partial charge in [-0.3, -0.25) is 0 Å². The van der Waals surface area contributed by atoms with Gasteiger partial charge in [-0.05, 0) is 75.0 Å². The van der Waals surface area contributed by atoms with Gasteiger partial charge in [-0.2, -0.15) is 0 Å². The van der Waals surface area contributed by atoms with E-state index in [-0.39, 0.29) is 11.2 Å². The summed E-state index contributed by atoms with van der Waals surface area (Å²) in [5.74, 6) is 2.84. The molecule has 0 aromatic rings. The second-order valence-corrected chi connectivity index (χ2v) is 16.7. The minimum atomic E-state index is 0.0463. The predicted octanol–water partition coefficient (Wildman–Crippen LogP) is 15.3. The number of ether oxygens (including phenoxy) is 1. The first-order valence-corrected chi connectivity index (χ1v) is 20.2. The Kier molecular flexibility index (Phi) is 27.1. The van der Waals surface area contributed by atoms with Gasteiger partial charge < -0.3 is 4.74 Å². The Hall–Kier alpha value is -0.0400. The third kappa shape index (κ3) is 24.8. The van der Waals surface area contributed by atoms with Crippen molar-refractivity contribution in [2.75, 3.05) is 0 Å². The van der Waals surface area contributed by atoms with Crippen LogP contribution in [-0.4, -0.2) is 11.2 Å². The monoisotopic (exact) mass is 607 g/mol. The fourth-order valence-electron chi connectivity index (χ4n) is 7.51. The normalized spacial score (nSPS) is 15.2. The van der Waals surface area contributed by atoms with Gasteiger partial charge in [-0.15, -0.1) is 0 Å². The molecule has 2 atom stereocenters. The van der Waals surface area contributed by atoms with Crippen molar-refractivity contribution in [2.24, 2.45) is 23.7 Å². The molecule has 260 valence electrons. The van der Waals surface area contributed by atoms with Crippen LogP contribution in [0.4, 0.5) is 0 Å². The van der Waals surface area contributed by atoms with Crippen LogP contribution in [0.1, 0.15) is 236 Å². The molecule has 0 aliphatic rings. The van der Waals surface area contributed by atoms with Crippen LogP contribution in [0.25, 0.3) is 0 Å². The van der Waals surface area contributed by atoms with Crippen LogP contribution in [0.5, 0.6) is 0 Å². The molecule has 0 rings (SSSR count). The van der Waals surface area contributed by atoms with E-state index < -0.39 is 0 Å². The minimum Gasteiger partial charge on any atom is -0.369 e. The van der Waals surface area contributed by atoms with E-state index in [2.05, 4.69) is 69.2 Å². The van der Waals surface area contributed by atoms with E-state index in [0.717, 1.165) is 11.8 Å². The lowest BCUT2D eigenvalue weighted by Crippen LogP contribution is -2.47. The maximum atomic E-state index is 7.89. The van der Waals surface area contributed by atoms with Gasteiger partial charge in [0.15, 0.2) is 0 Å². The predicted molar refractivity (Wildman–Crippen MR) is 197 cm³/mol. The van der Waals surface area contributed by atoms with Gasteiger partial charge in [0.2, 0.25) is 0 Å². The van der Waals surface area contributed by atoms with E-state index in [0.29, 0.717) is 11.8 Å². The summed E-state index contributed by atoms with van der Waals surface area (Å²) in [6.07, 6.45) is 35.4. The summed E-state index contributed by atoms with van der Waals surface area (Å²) in [6, 6.07) is 0. The van der Waals surface area contributed by atoms with Gasteiger partial charge in [0.1, 0.15) is 0 Å². The Morgan fingerprint density at radius 1 is 0.349 bits per heavy atom. The lowest BCUT2D eigenvalue weighted by atomic mass is 9.77. The molecule has 0 radical (unpaired) electrons. The Morgan fingerprint density at radius 2 is 0.628 bits per heavy atom. The molecule has 0 fully saturated rings. The number of hydrogen-bond donors (Lipinski definition) is 0. The molecular weight excluding hydrogens is 520 g/mol. The average Bonchev–Trinajstić information content (AvgIpc) is 2.92. The molecule has 0 saturated heterocycles. The number of hydrogen-bond acceptors (Lipinski definition) is 1. The van der Waals surface area contributed by atoms with Crippen LogP contribution in [-0.2, 0) is 4.74 Å². The molecule has 0 heterocycles. The summed E-state index contributed by atoms with van der Waals surface area (Å²) in [5.41, 5.74) is 0.0927. The highest BCUT2D eigenvalue weighted by atomic mass is 16.5. The summed E-state index contributed by atoms with van der Waals surface area (Å²) in [5, 5.41) is 0. The van der Waals surface area contributed by atoms with Crippen molar-refractivity contribution in [3.63, 3.8) is 0 Å². The first-order valence-electron chi connectivity index (χ1n) is 20.2. The Morgan fingerprint density at radius 3 is 0.884 bits per heavy atom. The number of rotatable bonds is 32. The summed E-state index contributed by atoms with van der Waals surface area (Å²) < 4.78 is 7.89. The van der Waals surface area contributed by atoms with Crippen LogP contribution >= 0.6 is 0 Å². The molecular formula is C42H86O. The molecule has 0 aliphatic carbocycles. The molecule has 2 unspecified atom stereocenters. The summed E-state index contributed by atoms with van der Waals surface area (Å²) in [7, 11) is 0. The molecule has 0 aromatic carbocycles. The highest BCUT2D eigenvalue weighted by Gasteiger charge is 2.42. The highest BCUT2D eigenvalue weighted by molar-refractivity contribution is 4.92. The molecule has 0 spiro atoms. The zero-order valence-corrected chi connectivity index (χ0v) is 32.1. The molecule has 0 aliphatic heterocycles. The van der Waals surface area contributed by atoms with Gasteiger partial charge in [-0.25, -0.2) is 0 Å². The van der Waals surface area contributed by atoms with Gasteiger partial charge in [0.05, 0.1) is 11.2 Å². The van der Waals surface area contributed by atoms with Crippen molar-refractivity contribution in [2.45, 2.75) is 247 Å². The van der Waals surface area contributed by atoms with Crippen molar-refractivity contribution >= 4 is 0 Å². The topological polar surface area (TPSA) is 9.23 Å². The van der Waals surface area contributed by atoms with E-state index >= 15 is 0 Å². The lowest BCUT2D eigenvalue weighted by Gasteiger charge is -2.47. The second kappa shape index (κ2) is 27.1. The standard InChI is InChI=1S/C42H86O/c1-11-13-15-17-19-21-23-25-27-31-41(35-39(7)8,33-29-37(3)4)43-42(36-40(9)10,34-30-38(5)6)32-28-26-24-22-20-18-16-14-12-2/h37-40H,11-36H2,1-10H3. The van der Waals surface area contributed by atoms with Crippen molar-refractivity contribution in [1.82, 2.24) is 0 Å². The Balaban J connectivity index is 5.68. The largest absolute Gasteiger partial charge is 0.369 e. The molecule has 0 bridgehead atoms. The molecule has 0 N–H and O–H groups in total. The average molecular weight is 607 g/mol. The van der Waals surface area contributed by atoms with E-state index in [9.17, 15) is 0 Å². The van der Waals surface area contributed by atoms with Crippen LogP contribution in [0, 0.1) is 23.7 Å². The van der Waals surface area contributed by atoms with E-state index in [1.165, 1.54) is 167 Å². The molecule has 0 amide bonds. The quantitative estimate of drug-likeness (QED) is 0.0692. The van der Waals surface area contributed by atoms with Crippen molar-refractivity contribution in [3.05, 3.63) is 0 Å². The van der Waals surface area contributed by atoms with E-state index in [1.54, 1.807) is 0 Å². The van der Waals surface area contributed by atoms with Crippen molar-refractivity contribution in [1.29, 1.82) is 0 Å². The van der Waals surface area contributed by atoms with Crippen LogP contribution < -0.4 is 0 Å². The Bertz CT molecular complexity index is 527. The smallest absolute Gasteiger partial charge is 0.0692 e. The molecule has 0 saturated carbocycles. The summed E-state index contributed by atoms with van der Waals surface area (Å²) in [6.45, 7) is 24.1. The van der Waals surface area contributed by atoms with Gasteiger partial charge in [0, 0.05) is 0 Å². The van der Waals surface area contributed by atoms with Crippen LogP contribution in [0.2, 0.25) is 0 Å². The first kappa shape index (κ1) is 43.0. The zero-order chi connectivity index (χ0) is 32.4. The maximum Gasteiger partial charge on any atom is 0.0692 e. The van der Waals surface area contributed by atoms with E-state index in [4.69, 9.17) is 4.74 Å². The van der Waals surface area contributed by atoms with Gasteiger partial charge in [-0.1, -0.05) is 185 Å². The molecule has 43 heavy (non-hydrogen) atoms.